The molecule has 4 rings (SSSR count). The lowest BCUT2D eigenvalue weighted by atomic mass is 9.89. The van der Waals surface area contributed by atoms with Crippen molar-refractivity contribution in [2.75, 3.05) is 38.4 Å². The molecule has 1 aliphatic heterocycles. The summed E-state index contributed by atoms with van der Waals surface area (Å²) in [4.78, 5) is 33.1. The van der Waals surface area contributed by atoms with Crippen molar-refractivity contribution in [3.63, 3.8) is 0 Å². The lowest BCUT2D eigenvalue weighted by Crippen LogP contribution is -2.51. The number of fused-ring (bicyclic) bond motifs is 3. The number of hydrogen-bond donors (Lipinski definition) is 0. The van der Waals surface area contributed by atoms with E-state index in [2.05, 4.69) is 0 Å². The van der Waals surface area contributed by atoms with Crippen molar-refractivity contribution in [2.45, 2.75) is 19.9 Å². The molecular formula is C24H27N3O5. The van der Waals surface area contributed by atoms with Crippen molar-refractivity contribution in [1.82, 2.24) is 9.55 Å². The molecule has 0 radical (unpaired) electrons. The summed E-state index contributed by atoms with van der Waals surface area (Å²) in [6, 6.07) is 14.5. The number of nitrogens with zero attached hydrogens (tertiary/aromatic N) is 3. The van der Waals surface area contributed by atoms with Crippen molar-refractivity contribution in [2.24, 2.45) is 5.92 Å². The van der Waals surface area contributed by atoms with E-state index < -0.39 is 17.9 Å². The number of aromatic nitrogens is 2. The van der Waals surface area contributed by atoms with E-state index in [9.17, 15) is 9.59 Å². The maximum atomic E-state index is 13.7. The van der Waals surface area contributed by atoms with Crippen molar-refractivity contribution in [3.8, 4) is 5.75 Å². The van der Waals surface area contributed by atoms with Crippen LogP contribution in [0.3, 0.4) is 0 Å². The largest absolute Gasteiger partial charge is 0.494 e. The predicted molar refractivity (Wildman–Crippen MR) is 120 cm³/mol. The molecule has 168 valence electrons. The Morgan fingerprint density at radius 3 is 2.66 bits per heavy atom. The number of methoxy groups -OCH3 is 1. The number of anilines is 1. The van der Waals surface area contributed by atoms with Crippen LogP contribution in [0.5, 0.6) is 5.75 Å². The maximum Gasteiger partial charge on any atom is 0.321 e. The third-order valence-electron chi connectivity index (χ3n) is 5.51. The first kappa shape index (κ1) is 21.8. The normalized spacial score (nSPS) is 18.0. The Labute approximate surface area is 186 Å². The van der Waals surface area contributed by atoms with Gasteiger partial charge in [0.25, 0.3) is 0 Å². The highest BCUT2D eigenvalue weighted by molar-refractivity contribution is 6.08. The summed E-state index contributed by atoms with van der Waals surface area (Å²) in [7, 11) is 1.57. The van der Waals surface area contributed by atoms with Crippen LogP contribution >= 0.6 is 0 Å². The number of para-hydroxylation sites is 2. The highest BCUT2D eigenvalue weighted by atomic mass is 16.5. The Morgan fingerprint density at radius 2 is 1.91 bits per heavy atom. The molecule has 0 saturated carbocycles. The fraction of sp³-hybridized carbons (Fsp3) is 0.375. The van der Waals surface area contributed by atoms with E-state index in [1.54, 1.807) is 14.0 Å². The number of hydrogen-bond acceptors (Lipinski definition) is 6. The van der Waals surface area contributed by atoms with Gasteiger partial charge in [-0.25, -0.2) is 4.98 Å². The molecule has 0 saturated heterocycles. The summed E-state index contributed by atoms with van der Waals surface area (Å²) in [5, 5.41) is 0. The van der Waals surface area contributed by atoms with Crippen LogP contribution in [0.1, 0.15) is 25.5 Å². The van der Waals surface area contributed by atoms with Gasteiger partial charge in [-0.15, -0.1) is 0 Å². The van der Waals surface area contributed by atoms with E-state index in [0.29, 0.717) is 24.9 Å². The van der Waals surface area contributed by atoms with Gasteiger partial charge < -0.3 is 18.8 Å². The molecule has 2 heterocycles. The molecule has 2 atom stereocenters. The number of imidazole rings is 1. The van der Waals surface area contributed by atoms with E-state index in [1.807, 2.05) is 60.0 Å². The summed E-state index contributed by atoms with van der Waals surface area (Å²) < 4.78 is 18.2. The fourth-order valence-electron chi connectivity index (χ4n) is 4.20. The van der Waals surface area contributed by atoms with Crippen LogP contribution in [0.2, 0.25) is 0 Å². The van der Waals surface area contributed by atoms with Crippen LogP contribution in [0.25, 0.3) is 11.0 Å². The number of benzene rings is 2. The first-order valence-electron chi connectivity index (χ1n) is 10.8. The Balaban J connectivity index is 1.96. The molecule has 8 nitrogen and oxygen atoms in total. The quantitative estimate of drug-likeness (QED) is 0.398. The summed E-state index contributed by atoms with van der Waals surface area (Å²) in [5.41, 5.74) is 2.35. The standard InChI is InChI=1S/C24H27N3O5/c1-4-31-17-10-8-9-16(15-17)21-20(23(29)32-5-2)22(28)26(13-14-30-3)24-25-18-11-6-7-12-19(18)27(21)24/h6-12,15,20-21H,4-5,13-14H2,1-3H3/t20-,21-/m1/s1. The molecule has 0 fully saturated rings. The second-order valence-corrected chi connectivity index (χ2v) is 7.43. The fourth-order valence-corrected chi connectivity index (χ4v) is 4.20. The zero-order chi connectivity index (χ0) is 22.7. The third-order valence-corrected chi connectivity index (χ3v) is 5.51. The van der Waals surface area contributed by atoms with Gasteiger partial charge in [0.05, 0.1) is 43.4 Å². The van der Waals surface area contributed by atoms with Crippen LogP contribution in [0.15, 0.2) is 48.5 Å². The topological polar surface area (TPSA) is 82.9 Å². The minimum atomic E-state index is -1.06. The van der Waals surface area contributed by atoms with Gasteiger partial charge in [0.2, 0.25) is 11.9 Å². The number of amides is 1. The van der Waals surface area contributed by atoms with Crippen LogP contribution in [-0.4, -0.2) is 54.9 Å². The molecule has 0 N–H and O–H groups in total. The average Bonchev–Trinajstić information content (AvgIpc) is 3.17. The molecular weight excluding hydrogens is 410 g/mol. The molecule has 32 heavy (non-hydrogen) atoms. The number of carbonyl (C=O) groups excluding carboxylic acids is 2. The second-order valence-electron chi connectivity index (χ2n) is 7.43. The minimum Gasteiger partial charge on any atom is -0.494 e. The van der Waals surface area contributed by atoms with E-state index >= 15 is 0 Å². The number of ether oxygens (including phenoxy) is 3. The predicted octanol–water partition coefficient (Wildman–Crippen LogP) is 3.20. The number of carbonyl (C=O) groups is 2. The van der Waals surface area contributed by atoms with Crippen molar-refractivity contribution in [1.29, 1.82) is 0 Å². The van der Waals surface area contributed by atoms with E-state index in [-0.39, 0.29) is 19.1 Å². The van der Waals surface area contributed by atoms with E-state index in [0.717, 1.165) is 16.6 Å². The van der Waals surface area contributed by atoms with Crippen molar-refractivity contribution in [3.05, 3.63) is 54.1 Å². The van der Waals surface area contributed by atoms with Gasteiger partial charge in [-0.05, 0) is 43.7 Å². The lowest BCUT2D eigenvalue weighted by Gasteiger charge is -2.37. The molecule has 1 aromatic heterocycles. The molecule has 8 heteroatoms. The second kappa shape index (κ2) is 9.40. The van der Waals surface area contributed by atoms with E-state index in [4.69, 9.17) is 19.2 Å². The first-order chi connectivity index (χ1) is 15.6. The Kier molecular flexibility index (Phi) is 6.41. The summed E-state index contributed by atoms with van der Waals surface area (Å²) in [6.45, 7) is 4.93. The molecule has 2 aromatic carbocycles. The van der Waals surface area contributed by atoms with E-state index in [1.165, 1.54) is 4.90 Å². The Hall–Kier alpha value is -3.39. The molecule has 0 bridgehead atoms. The summed E-state index contributed by atoms with van der Waals surface area (Å²) >= 11 is 0. The van der Waals surface area contributed by atoms with Crippen LogP contribution < -0.4 is 9.64 Å². The van der Waals surface area contributed by atoms with Gasteiger partial charge in [0, 0.05) is 7.11 Å². The van der Waals surface area contributed by atoms with Crippen LogP contribution in [0, 0.1) is 5.92 Å². The molecule has 1 amide bonds. The van der Waals surface area contributed by atoms with Crippen LogP contribution in [0.4, 0.5) is 5.95 Å². The molecule has 0 unspecified atom stereocenters. The number of esters is 1. The maximum absolute atomic E-state index is 13.7. The van der Waals surface area contributed by atoms with Gasteiger partial charge >= 0.3 is 5.97 Å². The van der Waals surface area contributed by atoms with Crippen LogP contribution in [-0.2, 0) is 19.1 Å². The van der Waals surface area contributed by atoms with Crippen molar-refractivity contribution >= 4 is 28.9 Å². The highest BCUT2D eigenvalue weighted by Crippen LogP contribution is 2.41. The van der Waals surface area contributed by atoms with Crippen molar-refractivity contribution < 1.29 is 23.8 Å². The third kappa shape index (κ3) is 3.82. The Bertz CT molecular complexity index is 1130. The van der Waals surface area contributed by atoms with Gasteiger partial charge in [0.1, 0.15) is 5.75 Å². The van der Waals surface area contributed by atoms with Gasteiger partial charge in [0.15, 0.2) is 5.92 Å². The monoisotopic (exact) mass is 437 g/mol. The molecule has 0 spiro atoms. The number of rotatable bonds is 8. The summed E-state index contributed by atoms with van der Waals surface area (Å²) in [5.74, 6) is -0.812. The SMILES string of the molecule is CCOC(=O)[C@H]1C(=O)N(CCOC)c2nc3ccccc3n2[C@@H]1c1cccc(OCC)c1. The highest BCUT2D eigenvalue weighted by Gasteiger charge is 2.47. The molecule has 1 aliphatic rings. The smallest absolute Gasteiger partial charge is 0.321 e. The zero-order valence-corrected chi connectivity index (χ0v) is 18.5. The molecule has 0 aliphatic carbocycles. The lowest BCUT2D eigenvalue weighted by molar-refractivity contribution is -0.153. The molecule has 3 aromatic rings. The summed E-state index contributed by atoms with van der Waals surface area (Å²) in [6.07, 6.45) is 0. The van der Waals surface area contributed by atoms with Gasteiger partial charge in [-0.1, -0.05) is 24.3 Å². The zero-order valence-electron chi connectivity index (χ0n) is 18.5. The minimum absolute atomic E-state index is 0.184. The Morgan fingerprint density at radius 1 is 1.09 bits per heavy atom. The van der Waals surface area contributed by atoms with Gasteiger partial charge in [-0.2, -0.15) is 0 Å². The van der Waals surface area contributed by atoms with Gasteiger partial charge in [-0.3, -0.25) is 14.5 Å². The average molecular weight is 437 g/mol. The first-order valence-corrected chi connectivity index (χ1v) is 10.8.